The number of hydrogen-bond acceptors (Lipinski definition) is 5. The van der Waals surface area contributed by atoms with Crippen molar-refractivity contribution >= 4 is 10.9 Å². The maximum Gasteiger partial charge on any atom is 0.364 e. The van der Waals surface area contributed by atoms with Crippen molar-refractivity contribution in [3.8, 4) is 11.3 Å². The van der Waals surface area contributed by atoms with E-state index in [9.17, 15) is 14.8 Å². The molecule has 0 atom stereocenters. The number of benzene rings is 2. The van der Waals surface area contributed by atoms with Gasteiger partial charge in [-0.1, -0.05) is 46.3 Å². The lowest BCUT2D eigenvalue weighted by Crippen LogP contribution is -2.38. The maximum absolute atomic E-state index is 12.3. The Kier molecular flexibility index (Phi) is 4.08. The molecule has 4 aromatic rings. The van der Waals surface area contributed by atoms with E-state index in [2.05, 4.69) is 10.3 Å². The van der Waals surface area contributed by atoms with Gasteiger partial charge >= 0.3 is 5.69 Å². The smallest absolute Gasteiger partial charge is 0.364 e. The van der Waals surface area contributed by atoms with E-state index >= 15 is 0 Å². The van der Waals surface area contributed by atoms with E-state index in [1.54, 1.807) is 36.0 Å². The molecule has 2 aromatic carbocycles. The van der Waals surface area contributed by atoms with Crippen LogP contribution in [0.25, 0.3) is 22.2 Å². The first-order valence-corrected chi connectivity index (χ1v) is 8.51. The molecule has 27 heavy (non-hydrogen) atoms. The Morgan fingerprint density at radius 3 is 2.59 bits per heavy atom. The zero-order chi connectivity index (χ0) is 19.0. The Morgan fingerprint density at radius 1 is 1.07 bits per heavy atom. The van der Waals surface area contributed by atoms with Gasteiger partial charge in [0.05, 0.1) is 23.6 Å². The van der Waals surface area contributed by atoms with Gasteiger partial charge in [-0.3, -0.25) is 9.36 Å². The Hall–Kier alpha value is -3.68. The molecule has 0 spiro atoms. The monoisotopic (exact) mass is 363 g/mol. The molecule has 0 aliphatic rings. The van der Waals surface area contributed by atoms with Crippen molar-refractivity contribution < 1.29 is 5.21 Å². The van der Waals surface area contributed by atoms with Crippen LogP contribution in [-0.2, 0) is 13.1 Å². The van der Waals surface area contributed by atoms with Crippen LogP contribution in [0.1, 0.15) is 12.5 Å². The van der Waals surface area contributed by atoms with E-state index < -0.39 is 11.2 Å². The molecule has 0 aliphatic carbocycles. The van der Waals surface area contributed by atoms with E-state index in [1.165, 1.54) is 4.57 Å². The van der Waals surface area contributed by atoms with Gasteiger partial charge in [-0.05, 0) is 24.6 Å². The number of rotatable bonds is 4. The largest absolute Gasteiger partial charge is 0.421 e. The normalized spacial score (nSPS) is 11.1. The number of hydrogen-bond donors (Lipinski definition) is 1. The minimum atomic E-state index is -0.753. The van der Waals surface area contributed by atoms with Gasteiger partial charge < -0.3 is 5.21 Å². The summed E-state index contributed by atoms with van der Waals surface area (Å²) in [5, 5.41) is 18.3. The highest BCUT2D eigenvalue weighted by atomic mass is 16.5. The number of aromatic nitrogens is 5. The molecule has 2 aromatic heterocycles. The van der Waals surface area contributed by atoms with Gasteiger partial charge in [-0.2, -0.15) is 0 Å². The zero-order valence-corrected chi connectivity index (χ0v) is 14.6. The van der Waals surface area contributed by atoms with Crippen molar-refractivity contribution in [1.29, 1.82) is 0 Å². The second kappa shape index (κ2) is 6.56. The topological polar surface area (TPSA) is 94.9 Å². The molecule has 0 saturated heterocycles. The second-order valence-corrected chi connectivity index (χ2v) is 6.16. The fourth-order valence-corrected chi connectivity index (χ4v) is 3.10. The van der Waals surface area contributed by atoms with Gasteiger partial charge in [0, 0.05) is 12.1 Å². The third-order valence-corrected chi connectivity index (χ3v) is 4.46. The molecule has 136 valence electrons. The second-order valence-electron chi connectivity index (χ2n) is 6.16. The molecule has 2 heterocycles. The molecule has 4 rings (SSSR count). The van der Waals surface area contributed by atoms with Crippen molar-refractivity contribution in [2.75, 3.05) is 0 Å². The SMILES string of the molecule is CCn1c(=O)n(O)c(=O)c2cc(-c3cn(Cc4ccccc4)nn3)ccc21. The van der Waals surface area contributed by atoms with Crippen LogP contribution >= 0.6 is 0 Å². The number of aryl methyl sites for hydroxylation is 1. The van der Waals surface area contributed by atoms with Gasteiger partial charge in [-0.25, -0.2) is 9.48 Å². The van der Waals surface area contributed by atoms with E-state index in [1.807, 2.05) is 30.3 Å². The van der Waals surface area contributed by atoms with Gasteiger partial charge in [0.2, 0.25) is 0 Å². The highest BCUT2D eigenvalue weighted by Gasteiger charge is 2.13. The first kappa shape index (κ1) is 16.8. The van der Waals surface area contributed by atoms with Gasteiger partial charge in [0.1, 0.15) is 5.69 Å². The third kappa shape index (κ3) is 2.91. The van der Waals surface area contributed by atoms with Crippen molar-refractivity contribution in [2.45, 2.75) is 20.0 Å². The van der Waals surface area contributed by atoms with Gasteiger partial charge in [0.15, 0.2) is 0 Å². The minimum absolute atomic E-state index is 0.141. The van der Waals surface area contributed by atoms with Crippen LogP contribution in [0.4, 0.5) is 0 Å². The molecule has 8 nitrogen and oxygen atoms in total. The summed E-state index contributed by atoms with van der Waals surface area (Å²) in [5.41, 5.74) is 1.35. The number of fused-ring (bicyclic) bond motifs is 1. The van der Waals surface area contributed by atoms with Gasteiger partial charge in [-0.15, -0.1) is 5.10 Å². The van der Waals surface area contributed by atoms with E-state index in [0.717, 1.165) is 5.56 Å². The van der Waals surface area contributed by atoms with Crippen LogP contribution in [-0.4, -0.2) is 29.5 Å². The minimum Gasteiger partial charge on any atom is -0.421 e. The molecule has 0 unspecified atom stereocenters. The third-order valence-electron chi connectivity index (χ3n) is 4.46. The van der Waals surface area contributed by atoms with Crippen molar-refractivity contribution in [2.24, 2.45) is 0 Å². The molecule has 8 heteroatoms. The Labute approximate surface area is 153 Å². The Morgan fingerprint density at radius 2 is 1.85 bits per heavy atom. The summed E-state index contributed by atoms with van der Waals surface area (Å²) >= 11 is 0. The maximum atomic E-state index is 12.3. The lowest BCUT2D eigenvalue weighted by Gasteiger charge is -2.09. The first-order chi connectivity index (χ1) is 13.1. The average Bonchev–Trinajstić information content (AvgIpc) is 3.16. The molecular formula is C19H17N5O3. The Bertz CT molecular complexity index is 1240. The molecule has 0 fully saturated rings. The van der Waals surface area contributed by atoms with Crippen LogP contribution < -0.4 is 11.2 Å². The van der Waals surface area contributed by atoms with Crippen LogP contribution in [0.15, 0.2) is 64.3 Å². The van der Waals surface area contributed by atoms with Crippen LogP contribution in [0, 0.1) is 0 Å². The van der Waals surface area contributed by atoms with Crippen LogP contribution in [0.3, 0.4) is 0 Å². The molecular weight excluding hydrogens is 346 g/mol. The highest BCUT2D eigenvalue weighted by Crippen LogP contribution is 2.20. The first-order valence-electron chi connectivity index (χ1n) is 8.51. The zero-order valence-electron chi connectivity index (χ0n) is 14.6. The summed E-state index contributed by atoms with van der Waals surface area (Å²) in [7, 11) is 0. The molecule has 0 radical (unpaired) electrons. The summed E-state index contributed by atoms with van der Waals surface area (Å²) in [6.07, 6.45) is 1.79. The van der Waals surface area contributed by atoms with Crippen molar-refractivity contribution in [3.63, 3.8) is 0 Å². The Balaban J connectivity index is 1.77. The number of nitrogens with zero attached hydrogens (tertiary/aromatic N) is 5. The average molecular weight is 363 g/mol. The summed E-state index contributed by atoms with van der Waals surface area (Å²) in [6.45, 7) is 2.69. The lowest BCUT2D eigenvalue weighted by molar-refractivity contribution is 0.157. The molecule has 0 aliphatic heterocycles. The molecule has 1 N–H and O–H groups in total. The van der Waals surface area contributed by atoms with E-state index in [4.69, 9.17) is 0 Å². The standard InChI is InChI=1S/C19H17N5O3/c1-2-23-17-9-8-14(10-15(17)18(25)24(27)19(23)26)16-12-22(21-20-16)11-13-6-4-3-5-7-13/h3-10,12,27H,2,11H2,1H3. The predicted octanol–water partition coefficient (Wildman–Crippen LogP) is 1.73. The van der Waals surface area contributed by atoms with E-state index in [0.29, 0.717) is 29.9 Å². The molecule has 0 amide bonds. The van der Waals surface area contributed by atoms with Crippen LogP contribution in [0.2, 0.25) is 0 Å². The van der Waals surface area contributed by atoms with Crippen molar-refractivity contribution in [3.05, 3.63) is 81.1 Å². The van der Waals surface area contributed by atoms with Gasteiger partial charge in [0.25, 0.3) is 5.56 Å². The van der Waals surface area contributed by atoms with Crippen LogP contribution in [0.5, 0.6) is 0 Å². The quantitative estimate of drug-likeness (QED) is 0.557. The summed E-state index contributed by atoms with van der Waals surface area (Å²) < 4.78 is 3.20. The summed E-state index contributed by atoms with van der Waals surface area (Å²) in [4.78, 5) is 24.3. The molecule has 0 saturated carbocycles. The highest BCUT2D eigenvalue weighted by molar-refractivity contribution is 5.83. The summed E-state index contributed by atoms with van der Waals surface area (Å²) in [6, 6.07) is 15.0. The fraction of sp³-hybridized carbons (Fsp3) is 0.158. The fourth-order valence-electron chi connectivity index (χ4n) is 3.10. The molecule has 0 bridgehead atoms. The van der Waals surface area contributed by atoms with E-state index in [-0.39, 0.29) is 10.1 Å². The van der Waals surface area contributed by atoms with Crippen molar-refractivity contribution in [1.82, 2.24) is 24.3 Å². The lowest BCUT2D eigenvalue weighted by atomic mass is 10.1. The summed E-state index contributed by atoms with van der Waals surface area (Å²) in [5.74, 6) is 0. The predicted molar refractivity (Wildman–Crippen MR) is 99.9 cm³/mol.